The molecule has 2 aromatic carbocycles. The Bertz CT molecular complexity index is 571. The molecule has 0 aliphatic rings. The van der Waals surface area contributed by atoms with Crippen molar-refractivity contribution in [2.45, 2.75) is 26.7 Å². The average Bonchev–Trinajstić information content (AvgIpc) is 2.32. The Labute approximate surface area is 106 Å². The standard InChI is InChI=1S/C16H16F2/c1-10(2)15-9-13(7-11(3)16(15)18)12-5-4-6-14(17)8-12/h4-10H,1-3H3. The second-order valence-electron chi connectivity index (χ2n) is 4.86. The van der Waals surface area contributed by atoms with Gasteiger partial charge in [0.05, 0.1) is 0 Å². The first-order valence-electron chi connectivity index (χ1n) is 6.05. The molecule has 94 valence electrons. The van der Waals surface area contributed by atoms with E-state index < -0.39 is 0 Å². The van der Waals surface area contributed by atoms with Crippen LogP contribution in [-0.2, 0) is 0 Å². The molecule has 0 N–H and O–H groups in total. The largest absolute Gasteiger partial charge is 0.207 e. The molecule has 0 fully saturated rings. The highest BCUT2D eigenvalue weighted by molar-refractivity contribution is 5.65. The molecule has 0 atom stereocenters. The van der Waals surface area contributed by atoms with Crippen LogP contribution in [0.25, 0.3) is 11.1 Å². The van der Waals surface area contributed by atoms with E-state index in [0.717, 1.165) is 11.1 Å². The highest BCUT2D eigenvalue weighted by Gasteiger charge is 2.12. The normalized spacial score (nSPS) is 11.0. The van der Waals surface area contributed by atoms with Gasteiger partial charge in [-0.2, -0.15) is 0 Å². The monoisotopic (exact) mass is 246 g/mol. The number of hydrogen-bond acceptors (Lipinski definition) is 0. The molecule has 0 bridgehead atoms. The van der Waals surface area contributed by atoms with Crippen molar-refractivity contribution in [3.05, 3.63) is 59.2 Å². The predicted octanol–water partition coefficient (Wildman–Crippen LogP) is 5.06. The van der Waals surface area contributed by atoms with E-state index >= 15 is 0 Å². The van der Waals surface area contributed by atoms with Crippen LogP contribution in [-0.4, -0.2) is 0 Å². The van der Waals surface area contributed by atoms with E-state index in [1.165, 1.54) is 12.1 Å². The first-order chi connectivity index (χ1) is 8.49. The maximum absolute atomic E-state index is 14.0. The summed E-state index contributed by atoms with van der Waals surface area (Å²) in [4.78, 5) is 0. The van der Waals surface area contributed by atoms with Gasteiger partial charge < -0.3 is 0 Å². The molecule has 0 heterocycles. The van der Waals surface area contributed by atoms with E-state index in [0.29, 0.717) is 11.1 Å². The topological polar surface area (TPSA) is 0 Å². The molecular formula is C16H16F2. The quantitative estimate of drug-likeness (QED) is 0.694. The smallest absolute Gasteiger partial charge is 0.129 e. The van der Waals surface area contributed by atoms with Crippen LogP contribution < -0.4 is 0 Å². The lowest BCUT2D eigenvalue weighted by molar-refractivity contribution is 0.590. The molecule has 0 unspecified atom stereocenters. The van der Waals surface area contributed by atoms with Crippen molar-refractivity contribution in [1.82, 2.24) is 0 Å². The van der Waals surface area contributed by atoms with Gasteiger partial charge in [0.25, 0.3) is 0 Å². The molecule has 0 nitrogen and oxygen atoms in total. The summed E-state index contributed by atoms with van der Waals surface area (Å²) in [5, 5.41) is 0. The van der Waals surface area contributed by atoms with Crippen LogP contribution >= 0.6 is 0 Å². The third-order valence-electron chi connectivity index (χ3n) is 3.06. The SMILES string of the molecule is Cc1cc(-c2cccc(F)c2)cc(C(C)C)c1F. The van der Waals surface area contributed by atoms with Crippen LogP contribution in [0.2, 0.25) is 0 Å². The Balaban J connectivity index is 2.59. The molecule has 0 saturated carbocycles. The second-order valence-corrected chi connectivity index (χ2v) is 4.86. The summed E-state index contributed by atoms with van der Waals surface area (Å²) in [5.41, 5.74) is 2.91. The highest BCUT2D eigenvalue weighted by atomic mass is 19.1. The molecule has 0 radical (unpaired) electrons. The Hall–Kier alpha value is -1.70. The van der Waals surface area contributed by atoms with Gasteiger partial charge in [0.2, 0.25) is 0 Å². The molecule has 2 aromatic rings. The lowest BCUT2D eigenvalue weighted by atomic mass is 9.94. The van der Waals surface area contributed by atoms with Gasteiger partial charge in [-0.1, -0.05) is 26.0 Å². The first-order valence-corrected chi connectivity index (χ1v) is 6.05. The molecular weight excluding hydrogens is 230 g/mol. The van der Waals surface area contributed by atoms with Gasteiger partial charge in [-0.05, 0) is 59.4 Å². The summed E-state index contributed by atoms with van der Waals surface area (Å²) in [5.74, 6) is -0.331. The van der Waals surface area contributed by atoms with Gasteiger partial charge in [0, 0.05) is 0 Å². The summed E-state index contributed by atoms with van der Waals surface area (Å²) < 4.78 is 27.2. The van der Waals surface area contributed by atoms with Gasteiger partial charge in [-0.15, -0.1) is 0 Å². The summed E-state index contributed by atoms with van der Waals surface area (Å²) >= 11 is 0. The number of halogens is 2. The number of hydrogen-bond donors (Lipinski definition) is 0. The molecule has 0 spiro atoms. The third kappa shape index (κ3) is 2.42. The lowest BCUT2D eigenvalue weighted by Crippen LogP contribution is -1.97. The van der Waals surface area contributed by atoms with Crippen LogP contribution in [0.5, 0.6) is 0 Å². The van der Waals surface area contributed by atoms with Crippen molar-refractivity contribution in [1.29, 1.82) is 0 Å². The zero-order valence-electron chi connectivity index (χ0n) is 10.8. The van der Waals surface area contributed by atoms with Crippen molar-refractivity contribution in [3.8, 4) is 11.1 Å². The minimum absolute atomic E-state index is 0.109. The third-order valence-corrected chi connectivity index (χ3v) is 3.06. The van der Waals surface area contributed by atoms with Crippen LogP contribution in [0.15, 0.2) is 36.4 Å². The minimum atomic E-state index is -0.277. The van der Waals surface area contributed by atoms with Crippen LogP contribution in [0.1, 0.15) is 30.9 Å². The molecule has 0 amide bonds. The zero-order valence-corrected chi connectivity index (χ0v) is 10.8. The fourth-order valence-electron chi connectivity index (χ4n) is 2.05. The van der Waals surface area contributed by atoms with Gasteiger partial charge in [0.1, 0.15) is 11.6 Å². The van der Waals surface area contributed by atoms with Crippen molar-refractivity contribution < 1.29 is 8.78 Å². The molecule has 0 saturated heterocycles. The van der Waals surface area contributed by atoms with E-state index in [1.54, 1.807) is 19.1 Å². The van der Waals surface area contributed by atoms with E-state index in [2.05, 4.69) is 0 Å². The van der Waals surface area contributed by atoms with Gasteiger partial charge in [-0.25, -0.2) is 8.78 Å². The average molecular weight is 246 g/mol. The Morgan fingerprint density at radius 2 is 1.67 bits per heavy atom. The summed E-state index contributed by atoms with van der Waals surface area (Å²) in [6.07, 6.45) is 0. The van der Waals surface area contributed by atoms with Crippen LogP contribution in [0, 0.1) is 18.6 Å². The molecule has 0 aromatic heterocycles. The summed E-state index contributed by atoms with van der Waals surface area (Å²) in [7, 11) is 0. The van der Waals surface area contributed by atoms with Gasteiger partial charge in [0.15, 0.2) is 0 Å². The number of aryl methyl sites for hydroxylation is 1. The number of benzene rings is 2. The molecule has 2 rings (SSSR count). The van der Waals surface area contributed by atoms with Gasteiger partial charge in [-0.3, -0.25) is 0 Å². The van der Waals surface area contributed by atoms with Crippen LogP contribution in [0.3, 0.4) is 0 Å². The second kappa shape index (κ2) is 4.89. The van der Waals surface area contributed by atoms with Crippen molar-refractivity contribution in [2.24, 2.45) is 0 Å². The molecule has 18 heavy (non-hydrogen) atoms. The fraction of sp³-hybridized carbons (Fsp3) is 0.250. The van der Waals surface area contributed by atoms with Crippen molar-refractivity contribution in [3.63, 3.8) is 0 Å². The van der Waals surface area contributed by atoms with Crippen molar-refractivity contribution >= 4 is 0 Å². The highest BCUT2D eigenvalue weighted by Crippen LogP contribution is 2.29. The Morgan fingerprint density at radius 3 is 2.28 bits per heavy atom. The molecule has 2 heteroatoms. The maximum atomic E-state index is 14.0. The lowest BCUT2D eigenvalue weighted by Gasteiger charge is -2.12. The van der Waals surface area contributed by atoms with Crippen molar-refractivity contribution in [2.75, 3.05) is 0 Å². The van der Waals surface area contributed by atoms with E-state index in [-0.39, 0.29) is 17.6 Å². The zero-order chi connectivity index (χ0) is 13.3. The number of rotatable bonds is 2. The summed E-state index contributed by atoms with van der Waals surface area (Å²) in [6.45, 7) is 5.64. The van der Waals surface area contributed by atoms with E-state index in [1.807, 2.05) is 26.0 Å². The molecule has 0 aliphatic carbocycles. The van der Waals surface area contributed by atoms with Gasteiger partial charge >= 0.3 is 0 Å². The Kier molecular flexibility index (Phi) is 3.46. The van der Waals surface area contributed by atoms with E-state index in [9.17, 15) is 8.78 Å². The maximum Gasteiger partial charge on any atom is 0.129 e. The van der Waals surface area contributed by atoms with E-state index in [4.69, 9.17) is 0 Å². The summed E-state index contributed by atoms with van der Waals surface area (Å²) in [6, 6.07) is 9.94. The predicted molar refractivity (Wildman–Crippen MR) is 70.6 cm³/mol. The fourth-order valence-corrected chi connectivity index (χ4v) is 2.05. The first kappa shape index (κ1) is 12.7. The minimum Gasteiger partial charge on any atom is -0.207 e. The van der Waals surface area contributed by atoms with Crippen LogP contribution in [0.4, 0.5) is 8.78 Å². The molecule has 0 aliphatic heterocycles. The Morgan fingerprint density at radius 1 is 0.944 bits per heavy atom.